The van der Waals surface area contributed by atoms with Gasteiger partial charge in [0.05, 0.1) is 6.61 Å². The van der Waals surface area contributed by atoms with E-state index < -0.39 is 6.09 Å². The Balaban J connectivity index is 2.58. The molecular weight excluding hydrogens is 190 g/mol. The minimum Gasteiger partial charge on any atom is -0.450 e. The fourth-order valence-corrected chi connectivity index (χ4v) is 1.04. The number of carbonyl (C=O) groups is 1. The van der Waals surface area contributed by atoms with Crippen LogP contribution in [-0.4, -0.2) is 12.7 Å². The second-order valence-electron chi connectivity index (χ2n) is 2.36. The second-order valence-corrected chi connectivity index (χ2v) is 2.79. The van der Waals surface area contributed by atoms with Crippen LogP contribution in [-0.2, 0) is 4.74 Å². The first-order chi connectivity index (χ1) is 6.22. The minimum absolute atomic E-state index is 0.354. The molecule has 1 amide bonds. The summed E-state index contributed by atoms with van der Waals surface area (Å²) in [6, 6.07) is 6.88. The number of halogens is 1. The number of nitrogens with one attached hydrogen (secondary N) is 1. The first-order valence-corrected chi connectivity index (χ1v) is 4.29. The molecule has 0 saturated carbocycles. The van der Waals surface area contributed by atoms with Crippen LogP contribution in [0.15, 0.2) is 24.3 Å². The van der Waals surface area contributed by atoms with E-state index in [0.29, 0.717) is 17.3 Å². The molecule has 0 aliphatic heterocycles. The van der Waals surface area contributed by atoms with Gasteiger partial charge >= 0.3 is 6.09 Å². The van der Waals surface area contributed by atoms with Crippen LogP contribution in [0.25, 0.3) is 0 Å². The largest absolute Gasteiger partial charge is 0.450 e. The van der Waals surface area contributed by atoms with Crippen molar-refractivity contribution < 1.29 is 9.53 Å². The number of amides is 1. The van der Waals surface area contributed by atoms with Gasteiger partial charge in [-0.25, -0.2) is 4.79 Å². The molecule has 0 aliphatic carbocycles. The van der Waals surface area contributed by atoms with Crippen LogP contribution in [0.4, 0.5) is 10.5 Å². The number of hydrogen-bond donors (Lipinski definition) is 1. The molecule has 0 atom stereocenters. The molecule has 1 N–H and O–H groups in total. The van der Waals surface area contributed by atoms with E-state index in [2.05, 4.69) is 5.32 Å². The topological polar surface area (TPSA) is 38.3 Å². The summed E-state index contributed by atoms with van der Waals surface area (Å²) < 4.78 is 4.69. The van der Waals surface area contributed by atoms with Gasteiger partial charge in [0.1, 0.15) is 0 Å². The molecule has 70 valence electrons. The highest BCUT2D eigenvalue weighted by molar-refractivity contribution is 6.30. The lowest BCUT2D eigenvalue weighted by Gasteiger charge is -2.04. The van der Waals surface area contributed by atoms with Gasteiger partial charge in [-0.2, -0.15) is 0 Å². The highest BCUT2D eigenvalue weighted by Crippen LogP contribution is 2.14. The molecular formula is C9H10ClNO2. The van der Waals surface area contributed by atoms with Crippen LogP contribution in [0.2, 0.25) is 5.02 Å². The molecule has 1 aromatic carbocycles. The number of rotatable bonds is 2. The summed E-state index contributed by atoms with van der Waals surface area (Å²) in [6.07, 6.45) is -0.468. The van der Waals surface area contributed by atoms with Crippen molar-refractivity contribution in [1.82, 2.24) is 0 Å². The van der Waals surface area contributed by atoms with Crippen molar-refractivity contribution in [2.24, 2.45) is 0 Å². The van der Waals surface area contributed by atoms with Crippen molar-refractivity contribution >= 4 is 23.4 Å². The molecule has 13 heavy (non-hydrogen) atoms. The first kappa shape index (κ1) is 9.86. The number of anilines is 1. The third kappa shape index (κ3) is 3.34. The van der Waals surface area contributed by atoms with Crippen LogP contribution < -0.4 is 5.32 Å². The zero-order chi connectivity index (χ0) is 9.68. The van der Waals surface area contributed by atoms with E-state index in [-0.39, 0.29) is 0 Å². The Morgan fingerprint density at radius 2 is 2.38 bits per heavy atom. The molecule has 3 nitrogen and oxygen atoms in total. The predicted octanol–water partition coefficient (Wildman–Crippen LogP) is 2.91. The van der Waals surface area contributed by atoms with Gasteiger partial charge in [0.2, 0.25) is 0 Å². The maximum absolute atomic E-state index is 10.9. The van der Waals surface area contributed by atoms with Crippen LogP contribution in [0, 0.1) is 0 Å². The van der Waals surface area contributed by atoms with Crippen molar-refractivity contribution in [1.29, 1.82) is 0 Å². The van der Waals surface area contributed by atoms with Crippen molar-refractivity contribution in [3.63, 3.8) is 0 Å². The summed E-state index contributed by atoms with van der Waals surface area (Å²) in [6.45, 7) is 2.10. The number of ether oxygens (including phenoxy) is 1. The monoisotopic (exact) mass is 199 g/mol. The van der Waals surface area contributed by atoms with Crippen molar-refractivity contribution in [2.75, 3.05) is 11.9 Å². The van der Waals surface area contributed by atoms with E-state index in [4.69, 9.17) is 16.3 Å². The molecule has 0 aliphatic rings. The molecule has 0 unspecified atom stereocenters. The smallest absolute Gasteiger partial charge is 0.411 e. The average molecular weight is 200 g/mol. The zero-order valence-electron chi connectivity index (χ0n) is 7.21. The fraction of sp³-hybridized carbons (Fsp3) is 0.222. The third-order valence-electron chi connectivity index (χ3n) is 1.35. The van der Waals surface area contributed by atoms with Gasteiger partial charge in [-0.15, -0.1) is 0 Å². The minimum atomic E-state index is -0.468. The Bertz CT molecular complexity index is 301. The van der Waals surface area contributed by atoms with Crippen LogP contribution in [0.1, 0.15) is 6.92 Å². The maximum atomic E-state index is 10.9. The highest BCUT2D eigenvalue weighted by Gasteiger charge is 2.00. The number of carbonyl (C=O) groups excluding carboxylic acids is 1. The van der Waals surface area contributed by atoms with E-state index in [1.807, 2.05) is 0 Å². The van der Waals surface area contributed by atoms with Gasteiger partial charge in [-0.1, -0.05) is 17.7 Å². The Hall–Kier alpha value is -1.22. The molecule has 0 spiro atoms. The van der Waals surface area contributed by atoms with E-state index in [1.54, 1.807) is 31.2 Å². The predicted molar refractivity (Wildman–Crippen MR) is 52.1 cm³/mol. The maximum Gasteiger partial charge on any atom is 0.411 e. The van der Waals surface area contributed by atoms with Crippen molar-refractivity contribution in [3.8, 4) is 0 Å². The standard InChI is InChI=1S/C9H10ClNO2/c1-2-13-9(12)11-8-5-3-4-7(10)6-8/h3-6H,2H2,1H3,(H,11,12). The third-order valence-corrected chi connectivity index (χ3v) is 1.58. The average Bonchev–Trinajstić information content (AvgIpc) is 2.04. The summed E-state index contributed by atoms with van der Waals surface area (Å²) >= 11 is 5.71. The Labute approximate surface area is 81.7 Å². The molecule has 0 heterocycles. The van der Waals surface area contributed by atoms with Crippen LogP contribution in [0.3, 0.4) is 0 Å². The molecule has 1 aromatic rings. The van der Waals surface area contributed by atoms with E-state index in [1.165, 1.54) is 0 Å². The quantitative estimate of drug-likeness (QED) is 0.796. The second kappa shape index (κ2) is 4.72. The Kier molecular flexibility index (Phi) is 3.58. The van der Waals surface area contributed by atoms with E-state index >= 15 is 0 Å². The molecule has 4 heteroatoms. The zero-order valence-corrected chi connectivity index (χ0v) is 7.97. The Morgan fingerprint density at radius 3 is 3.00 bits per heavy atom. The van der Waals surface area contributed by atoms with Gasteiger partial charge < -0.3 is 4.74 Å². The molecule has 1 rings (SSSR count). The van der Waals surface area contributed by atoms with Gasteiger partial charge in [0, 0.05) is 10.7 Å². The van der Waals surface area contributed by atoms with Gasteiger partial charge in [-0.3, -0.25) is 5.32 Å². The summed E-state index contributed by atoms with van der Waals surface area (Å²) in [5.41, 5.74) is 0.631. The summed E-state index contributed by atoms with van der Waals surface area (Å²) in [5, 5.41) is 3.12. The molecule has 0 fully saturated rings. The summed E-state index contributed by atoms with van der Waals surface area (Å²) in [5.74, 6) is 0. The SMILES string of the molecule is CCOC(=O)Nc1cccc(Cl)c1. The van der Waals surface area contributed by atoms with E-state index in [9.17, 15) is 4.79 Å². The number of hydrogen-bond acceptors (Lipinski definition) is 2. The van der Waals surface area contributed by atoms with Crippen LogP contribution >= 0.6 is 11.6 Å². The lowest BCUT2D eigenvalue weighted by molar-refractivity contribution is 0.168. The normalized spacial score (nSPS) is 9.38. The fourth-order valence-electron chi connectivity index (χ4n) is 0.851. The summed E-state index contributed by atoms with van der Waals surface area (Å²) in [4.78, 5) is 10.9. The van der Waals surface area contributed by atoms with Crippen molar-refractivity contribution in [2.45, 2.75) is 6.92 Å². The molecule has 0 aromatic heterocycles. The molecule has 0 bridgehead atoms. The van der Waals surface area contributed by atoms with Gasteiger partial charge in [0.15, 0.2) is 0 Å². The van der Waals surface area contributed by atoms with E-state index in [0.717, 1.165) is 0 Å². The van der Waals surface area contributed by atoms with Gasteiger partial charge in [-0.05, 0) is 25.1 Å². The van der Waals surface area contributed by atoms with Crippen molar-refractivity contribution in [3.05, 3.63) is 29.3 Å². The highest BCUT2D eigenvalue weighted by atomic mass is 35.5. The summed E-state index contributed by atoms with van der Waals surface area (Å²) in [7, 11) is 0. The van der Waals surface area contributed by atoms with Gasteiger partial charge in [0.25, 0.3) is 0 Å². The molecule has 0 radical (unpaired) electrons. The lowest BCUT2D eigenvalue weighted by atomic mass is 10.3. The molecule has 0 saturated heterocycles. The van der Waals surface area contributed by atoms with Crippen LogP contribution in [0.5, 0.6) is 0 Å². The lowest BCUT2D eigenvalue weighted by Crippen LogP contribution is -2.12. The Morgan fingerprint density at radius 1 is 1.62 bits per heavy atom. The number of benzene rings is 1. The first-order valence-electron chi connectivity index (χ1n) is 3.91.